The van der Waals surface area contributed by atoms with Crippen LogP contribution < -0.4 is 5.32 Å². The Morgan fingerprint density at radius 2 is 1.71 bits per heavy atom. The average molecular weight is 279 g/mol. The molecule has 1 fully saturated rings. The molecular formula is C19H21NO. The van der Waals surface area contributed by atoms with E-state index in [0.29, 0.717) is 0 Å². The Morgan fingerprint density at radius 1 is 0.905 bits per heavy atom. The van der Waals surface area contributed by atoms with Crippen LogP contribution in [0, 0.1) is 0 Å². The van der Waals surface area contributed by atoms with E-state index >= 15 is 0 Å². The van der Waals surface area contributed by atoms with Crippen LogP contribution in [-0.2, 0) is 6.42 Å². The van der Waals surface area contributed by atoms with E-state index in [-0.39, 0.29) is 12.1 Å². The average Bonchev–Trinajstić information content (AvgIpc) is 2.87. The fraction of sp³-hybridized carbons (Fsp3) is 0.368. The van der Waals surface area contributed by atoms with Crippen molar-refractivity contribution >= 4 is 5.69 Å². The van der Waals surface area contributed by atoms with Crippen LogP contribution in [0.5, 0.6) is 0 Å². The predicted octanol–water partition coefficient (Wildman–Crippen LogP) is 3.97. The van der Waals surface area contributed by atoms with Crippen molar-refractivity contribution in [3.63, 3.8) is 0 Å². The van der Waals surface area contributed by atoms with Gasteiger partial charge in [0.15, 0.2) is 0 Å². The van der Waals surface area contributed by atoms with E-state index in [0.717, 1.165) is 31.4 Å². The summed E-state index contributed by atoms with van der Waals surface area (Å²) in [6, 6.07) is 15.5. The second-order valence-corrected chi connectivity index (χ2v) is 6.31. The van der Waals surface area contributed by atoms with Crippen molar-refractivity contribution < 1.29 is 5.11 Å². The van der Waals surface area contributed by atoms with Crippen LogP contribution >= 0.6 is 0 Å². The van der Waals surface area contributed by atoms with E-state index < -0.39 is 0 Å². The van der Waals surface area contributed by atoms with Crippen LogP contribution in [0.2, 0.25) is 0 Å². The van der Waals surface area contributed by atoms with Gasteiger partial charge in [-0.2, -0.15) is 0 Å². The van der Waals surface area contributed by atoms with Crippen LogP contribution in [0.1, 0.15) is 36.8 Å². The third-order valence-corrected chi connectivity index (χ3v) is 4.88. The number of aliphatic hydroxyl groups is 1. The van der Waals surface area contributed by atoms with E-state index in [1.54, 1.807) is 0 Å². The smallest absolute Gasteiger partial charge is 0.0741 e. The first-order valence-corrected chi connectivity index (χ1v) is 7.97. The van der Waals surface area contributed by atoms with Crippen molar-refractivity contribution in [3.05, 3.63) is 53.6 Å². The van der Waals surface area contributed by atoms with Crippen LogP contribution in [0.4, 0.5) is 5.69 Å². The van der Waals surface area contributed by atoms with Crippen molar-refractivity contribution in [1.82, 2.24) is 0 Å². The van der Waals surface area contributed by atoms with Crippen molar-refractivity contribution in [2.75, 3.05) is 5.32 Å². The van der Waals surface area contributed by atoms with E-state index in [1.807, 2.05) is 0 Å². The summed E-state index contributed by atoms with van der Waals surface area (Å²) in [5.74, 6) is 0. The standard InChI is InChI=1S/C19H21NO/c21-19-8-4-3-7-18(19)20-15-9-10-17-14(12-15)11-13-5-1-2-6-16(13)17/h1-2,5-6,9-10,12,18-21H,3-4,7-8,11H2. The number of fused-ring (bicyclic) bond motifs is 3. The van der Waals surface area contributed by atoms with Gasteiger partial charge in [0.05, 0.1) is 12.1 Å². The first kappa shape index (κ1) is 12.9. The molecule has 2 heteroatoms. The van der Waals surface area contributed by atoms with Gasteiger partial charge in [-0.3, -0.25) is 0 Å². The maximum atomic E-state index is 10.1. The molecule has 2 atom stereocenters. The Balaban J connectivity index is 1.58. The third-order valence-electron chi connectivity index (χ3n) is 4.88. The molecule has 0 amide bonds. The largest absolute Gasteiger partial charge is 0.391 e. The van der Waals surface area contributed by atoms with Gasteiger partial charge in [0.25, 0.3) is 0 Å². The molecule has 2 nitrogen and oxygen atoms in total. The molecule has 0 spiro atoms. The second kappa shape index (κ2) is 5.19. The predicted molar refractivity (Wildman–Crippen MR) is 86.6 cm³/mol. The van der Waals surface area contributed by atoms with E-state index in [1.165, 1.54) is 28.7 Å². The zero-order valence-electron chi connectivity index (χ0n) is 12.2. The highest BCUT2D eigenvalue weighted by Crippen LogP contribution is 2.37. The summed E-state index contributed by atoms with van der Waals surface area (Å²) in [5, 5.41) is 13.6. The number of aliphatic hydroxyl groups excluding tert-OH is 1. The maximum Gasteiger partial charge on any atom is 0.0741 e. The highest BCUT2D eigenvalue weighted by molar-refractivity contribution is 5.78. The molecule has 2 aliphatic rings. The lowest BCUT2D eigenvalue weighted by Gasteiger charge is -2.29. The molecule has 0 saturated heterocycles. The van der Waals surface area contributed by atoms with Crippen LogP contribution in [0.25, 0.3) is 11.1 Å². The van der Waals surface area contributed by atoms with Crippen molar-refractivity contribution in [2.45, 2.75) is 44.2 Å². The topological polar surface area (TPSA) is 32.3 Å². The Bertz CT molecular complexity index is 664. The Kier molecular flexibility index (Phi) is 3.19. The molecule has 0 heterocycles. The number of nitrogens with one attached hydrogen (secondary N) is 1. The molecule has 0 radical (unpaired) electrons. The Morgan fingerprint density at radius 3 is 2.62 bits per heavy atom. The minimum atomic E-state index is -0.204. The van der Waals surface area contributed by atoms with Gasteiger partial charge in [0.1, 0.15) is 0 Å². The molecule has 0 aromatic heterocycles. The molecular weight excluding hydrogens is 258 g/mol. The normalized spacial score (nSPS) is 23.5. The van der Waals surface area contributed by atoms with Gasteiger partial charge in [-0.1, -0.05) is 43.2 Å². The van der Waals surface area contributed by atoms with Gasteiger partial charge in [0.2, 0.25) is 0 Å². The number of benzene rings is 2. The fourth-order valence-corrected chi connectivity index (χ4v) is 3.73. The summed E-state index contributed by atoms with van der Waals surface area (Å²) >= 11 is 0. The molecule has 2 aromatic carbocycles. The molecule has 2 unspecified atom stereocenters. The molecule has 2 N–H and O–H groups in total. The number of anilines is 1. The van der Waals surface area contributed by atoms with E-state index in [4.69, 9.17) is 0 Å². The molecule has 2 aromatic rings. The van der Waals surface area contributed by atoms with E-state index in [2.05, 4.69) is 47.8 Å². The van der Waals surface area contributed by atoms with Gasteiger partial charge in [-0.15, -0.1) is 0 Å². The van der Waals surface area contributed by atoms with E-state index in [9.17, 15) is 5.11 Å². The first-order chi connectivity index (χ1) is 10.3. The third kappa shape index (κ3) is 2.34. The monoisotopic (exact) mass is 279 g/mol. The number of hydrogen-bond acceptors (Lipinski definition) is 2. The summed E-state index contributed by atoms with van der Waals surface area (Å²) in [7, 11) is 0. The number of rotatable bonds is 2. The first-order valence-electron chi connectivity index (χ1n) is 7.97. The molecule has 0 bridgehead atoms. The lowest BCUT2D eigenvalue weighted by Crippen LogP contribution is -2.36. The van der Waals surface area contributed by atoms with Gasteiger partial charge in [-0.25, -0.2) is 0 Å². The molecule has 2 aliphatic carbocycles. The van der Waals surface area contributed by atoms with Crippen LogP contribution in [0.3, 0.4) is 0 Å². The SMILES string of the molecule is OC1CCCCC1Nc1ccc2c(c1)Cc1ccccc1-2. The highest BCUT2D eigenvalue weighted by atomic mass is 16.3. The summed E-state index contributed by atoms with van der Waals surface area (Å²) < 4.78 is 0. The summed E-state index contributed by atoms with van der Waals surface area (Å²) in [6.07, 6.45) is 5.18. The second-order valence-electron chi connectivity index (χ2n) is 6.31. The Hall–Kier alpha value is -1.80. The van der Waals surface area contributed by atoms with Crippen molar-refractivity contribution in [1.29, 1.82) is 0 Å². The van der Waals surface area contributed by atoms with Gasteiger partial charge >= 0.3 is 0 Å². The van der Waals surface area contributed by atoms with Crippen LogP contribution in [-0.4, -0.2) is 17.3 Å². The summed E-state index contributed by atoms with van der Waals surface area (Å²) in [4.78, 5) is 0. The quantitative estimate of drug-likeness (QED) is 0.744. The fourth-order valence-electron chi connectivity index (χ4n) is 3.73. The number of hydrogen-bond donors (Lipinski definition) is 2. The molecule has 4 rings (SSSR count). The van der Waals surface area contributed by atoms with Gasteiger partial charge in [-0.05, 0) is 53.6 Å². The molecule has 1 saturated carbocycles. The highest BCUT2D eigenvalue weighted by Gasteiger charge is 2.23. The Labute approximate surface area is 125 Å². The minimum absolute atomic E-state index is 0.204. The molecule has 21 heavy (non-hydrogen) atoms. The summed E-state index contributed by atoms with van der Waals surface area (Å²) in [5.41, 5.74) is 6.69. The van der Waals surface area contributed by atoms with Crippen LogP contribution in [0.15, 0.2) is 42.5 Å². The molecule has 0 aliphatic heterocycles. The van der Waals surface area contributed by atoms with Gasteiger partial charge in [0, 0.05) is 5.69 Å². The van der Waals surface area contributed by atoms with Gasteiger partial charge < -0.3 is 10.4 Å². The zero-order valence-corrected chi connectivity index (χ0v) is 12.2. The van der Waals surface area contributed by atoms with Crippen molar-refractivity contribution in [2.24, 2.45) is 0 Å². The lowest BCUT2D eigenvalue weighted by molar-refractivity contribution is 0.116. The lowest BCUT2D eigenvalue weighted by atomic mass is 9.92. The van der Waals surface area contributed by atoms with Crippen molar-refractivity contribution in [3.8, 4) is 11.1 Å². The summed E-state index contributed by atoms with van der Waals surface area (Å²) in [6.45, 7) is 0. The molecule has 108 valence electrons. The zero-order chi connectivity index (χ0) is 14.2. The maximum absolute atomic E-state index is 10.1. The minimum Gasteiger partial charge on any atom is -0.391 e.